The first-order valence-electron chi connectivity index (χ1n) is 6.07. The van der Waals surface area contributed by atoms with Gasteiger partial charge in [0.15, 0.2) is 0 Å². The minimum absolute atomic E-state index is 0.176. The zero-order valence-corrected chi connectivity index (χ0v) is 12.0. The van der Waals surface area contributed by atoms with Crippen LogP contribution >= 0.6 is 15.9 Å². The van der Waals surface area contributed by atoms with Gasteiger partial charge in [0.2, 0.25) is 0 Å². The predicted octanol–water partition coefficient (Wildman–Crippen LogP) is 4.76. The number of benzene rings is 1. The molecule has 1 aromatic carbocycles. The van der Waals surface area contributed by atoms with Gasteiger partial charge in [-0.05, 0) is 41.1 Å². The van der Waals surface area contributed by atoms with Crippen LogP contribution in [-0.4, -0.2) is 4.98 Å². The number of fused-ring (bicyclic) bond motifs is 1. The standard InChI is InChI=1S/C15H13BrN2O/c1-10(12-5-6-19-9-12)18-14-4-2-3-11-7-13(16)8-17-15(11)14/h2-10,18H,1H3. The summed E-state index contributed by atoms with van der Waals surface area (Å²) in [7, 11) is 0. The number of rotatable bonds is 3. The van der Waals surface area contributed by atoms with E-state index in [2.05, 4.69) is 45.3 Å². The van der Waals surface area contributed by atoms with Gasteiger partial charge in [0.05, 0.1) is 29.8 Å². The van der Waals surface area contributed by atoms with E-state index < -0.39 is 0 Å². The van der Waals surface area contributed by atoms with Crippen molar-refractivity contribution in [3.05, 3.63) is 59.1 Å². The maximum atomic E-state index is 5.11. The van der Waals surface area contributed by atoms with E-state index in [-0.39, 0.29) is 6.04 Å². The summed E-state index contributed by atoms with van der Waals surface area (Å²) in [5.74, 6) is 0. The van der Waals surface area contributed by atoms with Crippen LogP contribution < -0.4 is 5.32 Å². The number of furan rings is 1. The van der Waals surface area contributed by atoms with E-state index >= 15 is 0 Å². The number of nitrogens with one attached hydrogen (secondary N) is 1. The Morgan fingerprint density at radius 2 is 2.21 bits per heavy atom. The zero-order chi connectivity index (χ0) is 13.2. The molecule has 96 valence electrons. The molecule has 19 heavy (non-hydrogen) atoms. The average molecular weight is 317 g/mol. The molecule has 0 spiro atoms. The predicted molar refractivity (Wildman–Crippen MR) is 80.2 cm³/mol. The van der Waals surface area contributed by atoms with Gasteiger partial charge in [0.25, 0.3) is 0 Å². The lowest BCUT2D eigenvalue weighted by Gasteiger charge is -2.15. The van der Waals surface area contributed by atoms with Gasteiger partial charge >= 0.3 is 0 Å². The molecule has 0 bridgehead atoms. The molecule has 4 heteroatoms. The number of halogens is 1. The van der Waals surface area contributed by atoms with Crippen LogP contribution in [0.3, 0.4) is 0 Å². The van der Waals surface area contributed by atoms with Crippen molar-refractivity contribution < 1.29 is 4.42 Å². The van der Waals surface area contributed by atoms with Gasteiger partial charge in [-0.3, -0.25) is 4.98 Å². The van der Waals surface area contributed by atoms with Crippen molar-refractivity contribution in [1.29, 1.82) is 0 Å². The molecule has 2 heterocycles. The van der Waals surface area contributed by atoms with Crippen LogP contribution in [0.25, 0.3) is 10.9 Å². The number of anilines is 1. The Bertz CT molecular complexity index is 694. The highest BCUT2D eigenvalue weighted by Gasteiger charge is 2.09. The summed E-state index contributed by atoms with van der Waals surface area (Å²) < 4.78 is 6.10. The lowest BCUT2D eigenvalue weighted by molar-refractivity contribution is 0.562. The SMILES string of the molecule is CC(Nc1cccc2cc(Br)cnc12)c1ccoc1. The fourth-order valence-electron chi connectivity index (χ4n) is 2.09. The van der Waals surface area contributed by atoms with E-state index in [1.807, 2.05) is 24.4 Å². The third-order valence-corrected chi connectivity index (χ3v) is 3.53. The highest BCUT2D eigenvalue weighted by Crippen LogP contribution is 2.27. The summed E-state index contributed by atoms with van der Waals surface area (Å²) in [5, 5.41) is 4.58. The van der Waals surface area contributed by atoms with Gasteiger partial charge in [-0.2, -0.15) is 0 Å². The Morgan fingerprint density at radius 1 is 1.32 bits per heavy atom. The first kappa shape index (κ1) is 12.2. The van der Waals surface area contributed by atoms with Gasteiger partial charge in [-0.1, -0.05) is 12.1 Å². The number of hydrogen-bond donors (Lipinski definition) is 1. The number of hydrogen-bond acceptors (Lipinski definition) is 3. The van der Waals surface area contributed by atoms with Gasteiger partial charge in [-0.15, -0.1) is 0 Å². The summed E-state index contributed by atoms with van der Waals surface area (Å²) in [6.45, 7) is 2.10. The molecule has 1 N–H and O–H groups in total. The van der Waals surface area contributed by atoms with E-state index in [0.29, 0.717) is 0 Å². The van der Waals surface area contributed by atoms with Crippen molar-refractivity contribution >= 4 is 32.5 Å². The fourth-order valence-corrected chi connectivity index (χ4v) is 2.44. The van der Waals surface area contributed by atoms with Crippen molar-refractivity contribution in [3.8, 4) is 0 Å². The molecule has 0 saturated carbocycles. The van der Waals surface area contributed by atoms with Crippen LogP contribution in [-0.2, 0) is 0 Å². The third kappa shape index (κ3) is 2.49. The Morgan fingerprint density at radius 3 is 3.00 bits per heavy atom. The summed E-state index contributed by atoms with van der Waals surface area (Å²) >= 11 is 3.44. The molecule has 0 aliphatic carbocycles. The molecule has 2 aromatic heterocycles. The summed E-state index contributed by atoms with van der Waals surface area (Å²) in [4.78, 5) is 4.48. The second-order valence-corrected chi connectivity index (χ2v) is 5.37. The smallest absolute Gasteiger partial charge is 0.0955 e. The molecular weight excluding hydrogens is 304 g/mol. The van der Waals surface area contributed by atoms with Gasteiger partial charge < -0.3 is 9.73 Å². The van der Waals surface area contributed by atoms with Crippen molar-refractivity contribution in [3.63, 3.8) is 0 Å². The Kier molecular flexibility index (Phi) is 3.25. The van der Waals surface area contributed by atoms with Crippen molar-refractivity contribution in [2.75, 3.05) is 5.32 Å². The quantitative estimate of drug-likeness (QED) is 0.756. The lowest BCUT2D eigenvalue weighted by atomic mass is 10.1. The molecular formula is C15H13BrN2O. The molecule has 0 fully saturated rings. The zero-order valence-electron chi connectivity index (χ0n) is 10.4. The first-order valence-corrected chi connectivity index (χ1v) is 6.86. The molecule has 3 aromatic rings. The van der Waals surface area contributed by atoms with E-state index in [4.69, 9.17) is 4.42 Å². The van der Waals surface area contributed by atoms with Gasteiger partial charge in [0, 0.05) is 21.6 Å². The van der Waals surface area contributed by atoms with Crippen molar-refractivity contribution in [1.82, 2.24) is 4.98 Å². The Balaban J connectivity index is 1.97. The lowest BCUT2D eigenvalue weighted by Crippen LogP contribution is -2.06. The number of aromatic nitrogens is 1. The molecule has 0 aliphatic heterocycles. The van der Waals surface area contributed by atoms with Gasteiger partial charge in [-0.25, -0.2) is 0 Å². The van der Waals surface area contributed by atoms with E-state index in [1.54, 1.807) is 12.5 Å². The average Bonchev–Trinajstić information content (AvgIpc) is 2.92. The topological polar surface area (TPSA) is 38.1 Å². The molecule has 3 rings (SSSR count). The normalized spacial score (nSPS) is 12.5. The minimum Gasteiger partial charge on any atom is -0.472 e. The van der Waals surface area contributed by atoms with E-state index in [0.717, 1.165) is 26.6 Å². The monoisotopic (exact) mass is 316 g/mol. The second-order valence-electron chi connectivity index (χ2n) is 4.45. The highest BCUT2D eigenvalue weighted by atomic mass is 79.9. The largest absolute Gasteiger partial charge is 0.472 e. The maximum Gasteiger partial charge on any atom is 0.0955 e. The van der Waals surface area contributed by atoms with E-state index in [9.17, 15) is 0 Å². The summed E-state index contributed by atoms with van der Waals surface area (Å²) in [6, 6.07) is 10.3. The van der Waals surface area contributed by atoms with E-state index in [1.165, 1.54) is 0 Å². The molecule has 1 atom stereocenters. The third-order valence-electron chi connectivity index (χ3n) is 3.09. The number of para-hydroxylation sites is 1. The first-order chi connectivity index (χ1) is 9.24. The molecule has 0 saturated heterocycles. The van der Waals surface area contributed by atoms with Crippen LogP contribution in [0, 0.1) is 0 Å². The molecule has 0 aliphatic rings. The van der Waals surface area contributed by atoms with Gasteiger partial charge in [0.1, 0.15) is 0 Å². The second kappa shape index (κ2) is 5.05. The Hall–Kier alpha value is -1.81. The van der Waals surface area contributed by atoms with Crippen LogP contribution in [0.15, 0.2) is 57.9 Å². The van der Waals surface area contributed by atoms with Crippen LogP contribution in [0.1, 0.15) is 18.5 Å². The van der Waals surface area contributed by atoms with Crippen molar-refractivity contribution in [2.24, 2.45) is 0 Å². The van der Waals surface area contributed by atoms with Crippen LogP contribution in [0.5, 0.6) is 0 Å². The molecule has 0 radical (unpaired) electrons. The fraction of sp³-hybridized carbons (Fsp3) is 0.133. The summed E-state index contributed by atoms with van der Waals surface area (Å²) in [6.07, 6.45) is 5.26. The highest BCUT2D eigenvalue weighted by molar-refractivity contribution is 9.10. The van der Waals surface area contributed by atoms with Crippen molar-refractivity contribution in [2.45, 2.75) is 13.0 Å². The molecule has 1 unspecified atom stereocenters. The molecule has 0 amide bonds. The van der Waals surface area contributed by atoms with Crippen LogP contribution in [0.4, 0.5) is 5.69 Å². The Labute approximate surface area is 119 Å². The number of pyridine rings is 1. The van der Waals surface area contributed by atoms with Crippen LogP contribution in [0.2, 0.25) is 0 Å². The summed E-state index contributed by atoms with van der Waals surface area (Å²) in [5.41, 5.74) is 3.12. The molecule has 3 nitrogen and oxygen atoms in total. The number of nitrogens with zero attached hydrogens (tertiary/aromatic N) is 1. The maximum absolute atomic E-state index is 5.11. The minimum atomic E-state index is 0.176.